The first-order chi connectivity index (χ1) is 12.4. The SMILES string of the molecule is COC(=O)[C@H]1CC[C@@H](Nc2cnn(-c3ccc(C)c(Cl)c3)c(=O)c2Cl)C1. The van der Waals surface area contributed by atoms with E-state index in [1.54, 1.807) is 12.1 Å². The molecule has 1 aliphatic carbocycles. The number of anilines is 1. The van der Waals surface area contributed by atoms with Crippen LogP contribution >= 0.6 is 23.2 Å². The van der Waals surface area contributed by atoms with Crippen LogP contribution in [0.3, 0.4) is 0 Å². The number of aryl methyl sites for hydroxylation is 1. The third-order valence-corrected chi connectivity index (χ3v) is 5.42. The summed E-state index contributed by atoms with van der Waals surface area (Å²) in [4.78, 5) is 24.2. The molecule has 2 aromatic rings. The highest BCUT2D eigenvalue weighted by atomic mass is 35.5. The number of methoxy groups -OCH3 is 1. The summed E-state index contributed by atoms with van der Waals surface area (Å²) in [5.74, 6) is -0.329. The first kappa shape index (κ1) is 18.7. The number of esters is 1. The standard InChI is InChI=1S/C18H19Cl2N3O3/c1-10-3-6-13(8-14(10)19)23-17(24)16(20)15(9-21-23)22-12-5-4-11(7-12)18(25)26-2/h3,6,8-9,11-12,22H,4-5,7H2,1-2H3/t11-,12+/m0/s1. The highest BCUT2D eigenvalue weighted by Gasteiger charge is 2.31. The van der Waals surface area contributed by atoms with Gasteiger partial charge in [-0.15, -0.1) is 0 Å². The second-order valence-electron chi connectivity index (χ2n) is 6.40. The number of aromatic nitrogens is 2. The molecule has 0 amide bonds. The van der Waals surface area contributed by atoms with Gasteiger partial charge in [-0.1, -0.05) is 29.3 Å². The topological polar surface area (TPSA) is 73.2 Å². The van der Waals surface area contributed by atoms with Crippen LogP contribution in [0, 0.1) is 12.8 Å². The van der Waals surface area contributed by atoms with Crippen molar-refractivity contribution in [3.05, 3.63) is 50.4 Å². The number of hydrogen-bond donors (Lipinski definition) is 1. The molecule has 0 aliphatic heterocycles. The summed E-state index contributed by atoms with van der Waals surface area (Å²) in [5.41, 5.74) is 1.49. The van der Waals surface area contributed by atoms with Crippen molar-refractivity contribution in [3.63, 3.8) is 0 Å². The molecule has 1 aromatic carbocycles. The smallest absolute Gasteiger partial charge is 0.308 e. The average molecular weight is 396 g/mol. The molecule has 0 radical (unpaired) electrons. The molecule has 0 spiro atoms. The Morgan fingerprint density at radius 1 is 1.35 bits per heavy atom. The van der Waals surface area contributed by atoms with E-state index < -0.39 is 5.56 Å². The molecule has 2 atom stereocenters. The van der Waals surface area contributed by atoms with Gasteiger partial charge in [-0.25, -0.2) is 0 Å². The molecule has 26 heavy (non-hydrogen) atoms. The molecular weight excluding hydrogens is 377 g/mol. The minimum atomic E-state index is -0.431. The van der Waals surface area contributed by atoms with E-state index >= 15 is 0 Å². The molecule has 0 bridgehead atoms. The van der Waals surface area contributed by atoms with Gasteiger partial charge >= 0.3 is 5.97 Å². The highest BCUT2D eigenvalue weighted by molar-refractivity contribution is 6.33. The molecule has 1 heterocycles. The minimum absolute atomic E-state index is 0.0440. The number of carbonyl (C=O) groups excluding carboxylic acids is 1. The second kappa shape index (κ2) is 7.68. The van der Waals surface area contributed by atoms with Gasteiger partial charge < -0.3 is 10.1 Å². The van der Waals surface area contributed by atoms with E-state index in [0.29, 0.717) is 22.8 Å². The zero-order chi connectivity index (χ0) is 18.8. The van der Waals surface area contributed by atoms with E-state index in [9.17, 15) is 9.59 Å². The van der Waals surface area contributed by atoms with Gasteiger partial charge in [0, 0.05) is 11.1 Å². The van der Waals surface area contributed by atoms with Gasteiger partial charge in [0.2, 0.25) is 0 Å². The number of carbonyl (C=O) groups is 1. The molecular formula is C18H19Cl2N3O3. The Morgan fingerprint density at radius 2 is 2.12 bits per heavy atom. The van der Waals surface area contributed by atoms with Crippen molar-refractivity contribution in [2.45, 2.75) is 32.2 Å². The third kappa shape index (κ3) is 3.71. The van der Waals surface area contributed by atoms with E-state index in [1.807, 2.05) is 13.0 Å². The molecule has 6 nitrogen and oxygen atoms in total. The molecule has 1 aliphatic rings. The Kier molecular flexibility index (Phi) is 5.53. The van der Waals surface area contributed by atoms with Crippen LogP contribution in [0.4, 0.5) is 5.69 Å². The number of halogens is 2. The number of benzene rings is 1. The first-order valence-corrected chi connectivity index (χ1v) is 9.05. The first-order valence-electron chi connectivity index (χ1n) is 8.29. The lowest BCUT2D eigenvalue weighted by Gasteiger charge is -2.16. The fraction of sp³-hybridized carbons (Fsp3) is 0.389. The van der Waals surface area contributed by atoms with Crippen molar-refractivity contribution in [2.75, 3.05) is 12.4 Å². The average Bonchev–Trinajstić information content (AvgIpc) is 3.09. The van der Waals surface area contributed by atoms with Crippen molar-refractivity contribution in [1.82, 2.24) is 9.78 Å². The molecule has 0 unspecified atom stereocenters. The molecule has 138 valence electrons. The van der Waals surface area contributed by atoms with E-state index in [0.717, 1.165) is 18.4 Å². The van der Waals surface area contributed by atoms with Crippen LogP contribution in [0.5, 0.6) is 0 Å². The molecule has 1 fully saturated rings. The highest BCUT2D eigenvalue weighted by Crippen LogP contribution is 2.30. The predicted octanol–water partition coefficient (Wildman–Crippen LogP) is 3.60. The molecule has 1 aromatic heterocycles. The van der Waals surface area contributed by atoms with Gasteiger partial charge in [0.15, 0.2) is 0 Å². The van der Waals surface area contributed by atoms with Gasteiger partial charge in [-0.05, 0) is 43.9 Å². The maximum Gasteiger partial charge on any atom is 0.308 e. The summed E-state index contributed by atoms with van der Waals surface area (Å²) in [6.07, 6.45) is 3.70. The van der Waals surface area contributed by atoms with Crippen molar-refractivity contribution < 1.29 is 9.53 Å². The Bertz CT molecular complexity index is 898. The molecule has 0 saturated heterocycles. The zero-order valence-corrected chi connectivity index (χ0v) is 16.0. The maximum atomic E-state index is 12.6. The quantitative estimate of drug-likeness (QED) is 0.800. The number of rotatable bonds is 4. The van der Waals surface area contributed by atoms with Crippen molar-refractivity contribution >= 4 is 34.9 Å². The summed E-state index contributed by atoms with van der Waals surface area (Å²) in [6.45, 7) is 1.88. The van der Waals surface area contributed by atoms with Gasteiger partial charge in [0.05, 0.1) is 30.6 Å². The lowest BCUT2D eigenvalue weighted by molar-refractivity contribution is -0.145. The fourth-order valence-electron chi connectivity index (χ4n) is 3.14. The number of nitrogens with zero attached hydrogens (tertiary/aromatic N) is 2. The number of hydrogen-bond acceptors (Lipinski definition) is 5. The van der Waals surface area contributed by atoms with E-state index in [2.05, 4.69) is 10.4 Å². The number of nitrogens with one attached hydrogen (secondary N) is 1. The molecule has 3 rings (SSSR count). The minimum Gasteiger partial charge on any atom is -0.469 e. The Morgan fingerprint density at radius 3 is 2.81 bits per heavy atom. The van der Waals surface area contributed by atoms with Gasteiger partial charge in [-0.3, -0.25) is 9.59 Å². The van der Waals surface area contributed by atoms with E-state index in [-0.39, 0.29) is 23.0 Å². The lowest BCUT2D eigenvalue weighted by Crippen LogP contribution is -2.25. The van der Waals surface area contributed by atoms with Crippen LogP contribution in [0.1, 0.15) is 24.8 Å². The van der Waals surface area contributed by atoms with Crippen molar-refractivity contribution in [1.29, 1.82) is 0 Å². The summed E-state index contributed by atoms with van der Waals surface area (Å²) >= 11 is 12.4. The Labute approximate surface area is 161 Å². The summed E-state index contributed by atoms with van der Waals surface area (Å²) in [7, 11) is 1.39. The maximum absolute atomic E-state index is 12.6. The monoisotopic (exact) mass is 395 g/mol. The summed E-state index contributed by atoms with van der Waals surface area (Å²) in [6, 6.07) is 5.29. The normalized spacial score (nSPS) is 19.4. The molecule has 1 saturated carbocycles. The van der Waals surface area contributed by atoms with Crippen LogP contribution in [0.2, 0.25) is 10.0 Å². The summed E-state index contributed by atoms with van der Waals surface area (Å²) < 4.78 is 6.00. The van der Waals surface area contributed by atoms with E-state index in [4.69, 9.17) is 27.9 Å². The Hall–Kier alpha value is -2.05. The molecule has 8 heteroatoms. The van der Waals surface area contributed by atoms with Crippen LogP contribution in [-0.4, -0.2) is 28.9 Å². The predicted molar refractivity (Wildman–Crippen MR) is 101 cm³/mol. The Balaban J connectivity index is 1.81. The number of ether oxygens (including phenoxy) is 1. The summed E-state index contributed by atoms with van der Waals surface area (Å²) in [5, 5.41) is 8.02. The van der Waals surface area contributed by atoms with Crippen LogP contribution in [0.15, 0.2) is 29.2 Å². The van der Waals surface area contributed by atoms with Crippen molar-refractivity contribution in [3.8, 4) is 5.69 Å². The van der Waals surface area contributed by atoms with Crippen LogP contribution in [0.25, 0.3) is 5.69 Å². The third-order valence-electron chi connectivity index (χ3n) is 4.65. The van der Waals surface area contributed by atoms with Crippen LogP contribution < -0.4 is 10.9 Å². The largest absolute Gasteiger partial charge is 0.469 e. The van der Waals surface area contributed by atoms with Crippen molar-refractivity contribution in [2.24, 2.45) is 5.92 Å². The fourth-order valence-corrected chi connectivity index (χ4v) is 3.50. The van der Waals surface area contributed by atoms with Gasteiger partial charge in [-0.2, -0.15) is 9.78 Å². The van der Waals surface area contributed by atoms with Gasteiger partial charge in [0.25, 0.3) is 5.56 Å². The van der Waals surface area contributed by atoms with Gasteiger partial charge in [0.1, 0.15) is 5.02 Å². The van der Waals surface area contributed by atoms with E-state index in [1.165, 1.54) is 18.0 Å². The zero-order valence-electron chi connectivity index (χ0n) is 14.5. The second-order valence-corrected chi connectivity index (χ2v) is 7.18. The lowest BCUT2D eigenvalue weighted by atomic mass is 10.1. The molecule has 1 N–H and O–H groups in total. The van der Waals surface area contributed by atoms with Crippen LogP contribution in [-0.2, 0) is 9.53 Å².